The summed E-state index contributed by atoms with van der Waals surface area (Å²) in [6.07, 6.45) is 3.48. The zero-order chi connectivity index (χ0) is 21.1. The Balaban J connectivity index is 1.65. The number of fused-ring (bicyclic) bond motifs is 1. The summed E-state index contributed by atoms with van der Waals surface area (Å²) < 4.78 is 10.1. The Morgan fingerprint density at radius 2 is 1.80 bits per heavy atom. The third-order valence-electron chi connectivity index (χ3n) is 6.06. The van der Waals surface area contributed by atoms with Crippen molar-refractivity contribution in [3.63, 3.8) is 0 Å². The van der Waals surface area contributed by atoms with Gasteiger partial charge in [-0.25, -0.2) is 4.68 Å². The van der Waals surface area contributed by atoms with Crippen molar-refractivity contribution in [2.24, 2.45) is 7.05 Å². The predicted octanol–water partition coefficient (Wildman–Crippen LogP) is 4.44. The van der Waals surface area contributed by atoms with E-state index in [-0.39, 0.29) is 11.7 Å². The van der Waals surface area contributed by atoms with Crippen molar-refractivity contribution in [3.05, 3.63) is 81.8 Å². The lowest BCUT2D eigenvalue weighted by atomic mass is 10.1. The summed E-state index contributed by atoms with van der Waals surface area (Å²) in [4.78, 5) is 15.7. The fourth-order valence-corrected chi connectivity index (χ4v) is 4.29. The molecule has 5 nitrogen and oxygen atoms in total. The van der Waals surface area contributed by atoms with Gasteiger partial charge in [-0.1, -0.05) is 49.7 Å². The second-order valence-electron chi connectivity index (χ2n) is 8.20. The molecule has 0 aliphatic carbocycles. The summed E-state index contributed by atoms with van der Waals surface area (Å²) in [5, 5.41) is 0. The zero-order valence-corrected chi connectivity index (χ0v) is 18.2. The maximum absolute atomic E-state index is 13.4. The van der Waals surface area contributed by atoms with Crippen molar-refractivity contribution in [1.29, 1.82) is 0 Å². The molecule has 0 unspecified atom stereocenters. The third kappa shape index (κ3) is 4.08. The SMILES string of the molecule is CCCC[C@@H]1CN(Cc2c(C)n(C)n(-c3ccccc3)c2=O)Cc2ccccc2O1. The minimum atomic E-state index is 0.0600. The molecular formula is C25H31N3O2. The van der Waals surface area contributed by atoms with Gasteiger partial charge in [-0.3, -0.25) is 14.4 Å². The largest absolute Gasteiger partial charge is 0.489 e. The Morgan fingerprint density at radius 1 is 1.07 bits per heavy atom. The van der Waals surface area contributed by atoms with Gasteiger partial charge < -0.3 is 4.74 Å². The van der Waals surface area contributed by atoms with Gasteiger partial charge in [0.25, 0.3) is 5.56 Å². The summed E-state index contributed by atoms with van der Waals surface area (Å²) in [6, 6.07) is 18.1. The molecule has 1 atom stereocenters. The molecule has 0 fully saturated rings. The van der Waals surface area contributed by atoms with Crippen molar-refractivity contribution in [3.8, 4) is 11.4 Å². The van der Waals surface area contributed by atoms with Crippen LogP contribution in [0.5, 0.6) is 5.75 Å². The summed E-state index contributed by atoms with van der Waals surface area (Å²) in [6.45, 7) is 6.49. The molecule has 1 aliphatic heterocycles. The minimum Gasteiger partial charge on any atom is -0.489 e. The van der Waals surface area contributed by atoms with Crippen LogP contribution in [0.15, 0.2) is 59.4 Å². The standard InChI is InChI=1S/C25H31N3O2/c1-4-5-14-22-17-27(16-20-11-9-10-15-24(20)30-22)18-23-19(2)26(3)28(25(23)29)21-12-7-6-8-13-21/h6-13,15,22H,4-5,14,16-18H2,1-3H3/t22-/m1/s1. The highest BCUT2D eigenvalue weighted by Gasteiger charge is 2.25. The van der Waals surface area contributed by atoms with Crippen LogP contribution in [0.4, 0.5) is 0 Å². The number of ether oxygens (including phenoxy) is 1. The number of rotatable bonds is 6. The predicted molar refractivity (Wildman–Crippen MR) is 120 cm³/mol. The van der Waals surface area contributed by atoms with Gasteiger partial charge in [0.1, 0.15) is 11.9 Å². The van der Waals surface area contributed by atoms with Crippen LogP contribution in [0.25, 0.3) is 5.69 Å². The van der Waals surface area contributed by atoms with Crippen LogP contribution in [-0.2, 0) is 20.1 Å². The number of hydrogen-bond donors (Lipinski definition) is 0. The Morgan fingerprint density at radius 3 is 2.57 bits per heavy atom. The van der Waals surface area contributed by atoms with E-state index in [1.807, 2.05) is 55.1 Å². The van der Waals surface area contributed by atoms with E-state index in [9.17, 15) is 4.79 Å². The number of aromatic nitrogens is 2. The zero-order valence-electron chi connectivity index (χ0n) is 18.2. The van der Waals surface area contributed by atoms with Gasteiger partial charge in [-0.05, 0) is 38.0 Å². The van der Waals surface area contributed by atoms with Gasteiger partial charge in [-0.15, -0.1) is 0 Å². The first-order valence-corrected chi connectivity index (χ1v) is 10.9. The van der Waals surface area contributed by atoms with Crippen molar-refractivity contribution in [1.82, 2.24) is 14.3 Å². The first-order valence-electron chi connectivity index (χ1n) is 10.9. The van der Waals surface area contributed by atoms with E-state index >= 15 is 0 Å². The van der Waals surface area contributed by atoms with E-state index in [1.54, 1.807) is 4.68 Å². The van der Waals surface area contributed by atoms with E-state index in [0.717, 1.165) is 55.0 Å². The van der Waals surface area contributed by atoms with Crippen molar-refractivity contribution in [2.75, 3.05) is 6.54 Å². The Bertz CT molecular complexity index is 1050. The van der Waals surface area contributed by atoms with Crippen LogP contribution in [0, 0.1) is 6.92 Å². The lowest BCUT2D eigenvalue weighted by Crippen LogP contribution is -2.34. The van der Waals surface area contributed by atoms with Crippen LogP contribution in [-0.4, -0.2) is 26.9 Å². The molecule has 0 radical (unpaired) electrons. The summed E-state index contributed by atoms with van der Waals surface area (Å²) in [7, 11) is 1.96. The second kappa shape index (κ2) is 8.92. The molecule has 0 bridgehead atoms. The highest BCUT2D eigenvalue weighted by Crippen LogP contribution is 2.27. The van der Waals surface area contributed by atoms with Gasteiger partial charge in [0, 0.05) is 37.9 Å². The summed E-state index contributed by atoms with van der Waals surface area (Å²) in [5.74, 6) is 0.979. The maximum Gasteiger partial charge on any atom is 0.276 e. The topological polar surface area (TPSA) is 39.4 Å². The number of unbranched alkanes of at least 4 members (excludes halogenated alkanes) is 1. The number of benzene rings is 2. The van der Waals surface area contributed by atoms with E-state index in [0.29, 0.717) is 6.54 Å². The molecule has 0 N–H and O–H groups in total. The van der Waals surface area contributed by atoms with Crippen LogP contribution in [0.2, 0.25) is 0 Å². The molecule has 1 aliphatic rings. The number of para-hydroxylation sites is 2. The molecule has 158 valence electrons. The minimum absolute atomic E-state index is 0.0600. The molecule has 1 aromatic heterocycles. The molecule has 4 rings (SSSR count). The molecule has 30 heavy (non-hydrogen) atoms. The van der Waals surface area contributed by atoms with Crippen molar-refractivity contribution in [2.45, 2.75) is 52.3 Å². The average molecular weight is 406 g/mol. The van der Waals surface area contributed by atoms with E-state index in [2.05, 4.69) is 30.0 Å². The maximum atomic E-state index is 13.4. The van der Waals surface area contributed by atoms with Crippen LogP contribution >= 0.6 is 0 Å². The fraction of sp³-hybridized carbons (Fsp3) is 0.400. The van der Waals surface area contributed by atoms with Crippen LogP contribution in [0.3, 0.4) is 0 Å². The molecule has 0 amide bonds. The molecule has 2 heterocycles. The monoisotopic (exact) mass is 405 g/mol. The fourth-order valence-electron chi connectivity index (χ4n) is 4.29. The lowest BCUT2D eigenvalue weighted by Gasteiger charge is -2.23. The van der Waals surface area contributed by atoms with E-state index in [4.69, 9.17) is 4.74 Å². The number of hydrogen-bond acceptors (Lipinski definition) is 3. The van der Waals surface area contributed by atoms with Gasteiger partial charge in [0.05, 0.1) is 11.3 Å². The molecule has 3 aromatic rings. The first kappa shape index (κ1) is 20.5. The van der Waals surface area contributed by atoms with Gasteiger partial charge in [0.2, 0.25) is 0 Å². The molecule has 0 saturated heterocycles. The Kier molecular flexibility index (Phi) is 6.09. The van der Waals surface area contributed by atoms with E-state index < -0.39 is 0 Å². The number of nitrogens with zero attached hydrogens (tertiary/aromatic N) is 3. The normalized spacial score (nSPS) is 16.7. The molecule has 2 aromatic carbocycles. The van der Waals surface area contributed by atoms with Crippen molar-refractivity contribution >= 4 is 0 Å². The Hall–Kier alpha value is -2.79. The molecular weight excluding hydrogens is 374 g/mol. The first-order chi connectivity index (χ1) is 14.6. The highest BCUT2D eigenvalue weighted by molar-refractivity contribution is 5.35. The summed E-state index contributed by atoms with van der Waals surface area (Å²) in [5.41, 5.74) is 4.00. The molecule has 0 spiro atoms. The van der Waals surface area contributed by atoms with Gasteiger partial charge in [-0.2, -0.15) is 0 Å². The average Bonchev–Trinajstić information content (AvgIpc) is 2.89. The molecule has 0 saturated carbocycles. The highest BCUT2D eigenvalue weighted by atomic mass is 16.5. The van der Waals surface area contributed by atoms with Gasteiger partial charge >= 0.3 is 0 Å². The Labute approximate surface area is 178 Å². The summed E-state index contributed by atoms with van der Waals surface area (Å²) >= 11 is 0. The quantitative estimate of drug-likeness (QED) is 0.609. The third-order valence-corrected chi connectivity index (χ3v) is 6.06. The van der Waals surface area contributed by atoms with Gasteiger partial charge in [0.15, 0.2) is 0 Å². The second-order valence-corrected chi connectivity index (χ2v) is 8.20. The van der Waals surface area contributed by atoms with E-state index in [1.165, 1.54) is 5.56 Å². The smallest absolute Gasteiger partial charge is 0.276 e. The van der Waals surface area contributed by atoms with Crippen LogP contribution in [0.1, 0.15) is 43.0 Å². The van der Waals surface area contributed by atoms with Crippen LogP contribution < -0.4 is 10.3 Å². The lowest BCUT2D eigenvalue weighted by molar-refractivity contribution is 0.133. The van der Waals surface area contributed by atoms with Crippen molar-refractivity contribution < 1.29 is 4.74 Å². The molecule has 5 heteroatoms.